The fourth-order valence-electron chi connectivity index (χ4n) is 1.68. The Morgan fingerprint density at radius 1 is 1.50 bits per heavy atom. The average molecular weight is 246 g/mol. The summed E-state index contributed by atoms with van der Waals surface area (Å²) in [6, 6.07) is 6.93. The van der Waals surface area contributed by atoms with Gasteiger partial charge in [-0.25, -0.2) is 0 Å². The summed E-state index contributed by atoms with van der Waals surface area (Å²) < 4.78 is 10.4. The van der Waals surface area contributed by atoms with Crippen LogP contribution in [0, 0.1) is 11.8 Å². The van der Waals surface area contributed by atoms with Crippen molar-refractivity contribution in [1.82, 2.24) is 0 Å². The van der Waals surface area contributed by atoms with Gasteiger partial charge >= 0.3 is 0 Å². The second-order valence-electron chi connectivity index (χ2n) is 4.08. The van der Waals surface area contributed by atoms with E-state index in [4.69, 9.17) is 9.47 Å². The molecule has 0 bridgehead atoms. The molecule has 0 spiro atoms. The SMILES string of the molecule is O=Cc1ccccc1OCC#CC1(O)CCOC1. The Morgan fingerprint density at radius 2 is 2.33 bits per heavy atom. The van der Waals surface area contributed by atoms with Crippen LogP contribution in [0.4, 0.5) is 0 Å². The molecule has 94 valence electrons. The van der Waals surface area contributed by atoms with Gasteiger partial charge in [0.05, 0.1) is 18.8 Å². The number of benzene rings is 1. The summed E-state index contributed by atoms with van der Waals surface area (Å²) in [6.45, 7) is 0.901. The minimum absolute atomic E-state index is 0.132. The number of carbonyl (C=O) groups excluding carboxylic acids is 1. The van der Waals surface area contributed by atoms with Crippen LogP contribution in [0.3, 0.4) is 0 Å². The number of hydrogen-bond donors (Lipinski definition) is 1. The molecule has 0 radical (unpaired) electrons. The second-order valence-corrected chi connectivity index (χ2v) is 4.08. The molecule has 2 rings (SSSR count). The highest BCUT2D eigenvalue weighted by Crippen LogP contribution is 2.17. The van der Waals surface area contributed by atoms with Gasteiger partial charge in [-0.2, -0.15) is 0 Å². The molecule has 0 aliphatic carbocycles. The summed E-state index contributed by atoms with van der Waals surface area (Å²) in [7, 11) is 0. The molecule has 1 N–H and O–H groups in total. The average Bonchev–Trinajstić information content (AvgIpc) is 2.82. The van der Waals surface area contributed by atoms with Crippen LogP contribution < -0.4 is 4.74 Å². The van der Waals surface area contributed by atoms with Gasteiger partial charge < -0.3 is 14.6 Å². The van der Waals surface area contributed by atoms with Gasteiger partial charge in [0.25, 0.3) is 0 Å². The van der Waals surface area contributed by atoms with Gasteiger partial charge in [0.15, 0.2) is 11.9 Å². The van der Waals surface area contributed by atoms with Crippen LogP contribution in [0.2, 0.25) is 0 Å². The van der Waals surface area contributed by atoms with E-state index >= 15 is 0 Å². The van der Waals surface area contributed by atoms with E-state index in [1.165, 1.54) is 0 Å². The number of para-hydroxylation sites is 1. The molecule has 1 aliphatic heterocycles. The number of rotatable bonds is 3. The molecule has 1 unspecified atom stereocenters. The van der Waals surface area contributed by atoms with Gasteiger partial charge in [0.2, 0.25) is 0 Å². The maximum absolute atomic E-state index is 10.7. The van der Waals surface area contributed by atoms with Crippen molar-refractivity contribution >= 4 is 6.29 Å². The third-order valence-corrected chi connectivity index (χ3v) is 2.67. The van der Waals surface area contributed by atoms with Gasteiger partial charge in [-0.3, -0.25) is 4.79 Å². The highest BCUT2D eigenvalue weighted by Gasteiger charge is 2.29. The first-order chi connectivity index (χ1) is 8.73. The van der Waals surface area contributed by atoms with Gasteiger partial charge in [0, 0.05) is 6.42 Å². The molecule has 4 heteroatoms. The molecule has 0 amide bonds. The van der Waals surface area contributed by atoms with E-state index in [1.807, 2.05) is 0 Å². The Hall–Kier alpha value is -1.83. The summed E-state index contributed by atoms with van der Waals surface area (Å²) in [6.07, 6.45) is 1.26. The molecule has 1 saturated heterocycles. The summed E-state index contributed by atoms with van der Waals surface area (Å²) in [5.74, 6) is 5.98. The van der Waals surface area contributed by atoms with Gasteiger partial charge in [-0.05, 0) is 12.1 Å². The summed E-state index contributed by atoms with van der Waals surface area (Å²) in [5.41, 5.74) is -0.560. The van der Waals surface area contributed by atoms with E-state index in [1.54, 1.807) is 24.3 Å². The molecule has 18 heavy (non-hydrogen) atoms. The fourth-order valence-corrected chi connectivity index (χ4v) is 1.68. The summed E-state index contributed by atoms with van der Waals surface area (Å²) in [4.78, 5) is 10.7. The first kappa shape index (κ1) is 12.6. The van der Waals surface area contributed by atoms with Crippen LogP contribution in [-0.2, 0) is 4.74 Å². The molecule has 1 fully saturated rings. The largest absolute Gasteiger partial charge is 0.480 e. The fraction of sp³-hybridized carbons (Fsp3) is 0.357. The molecule has 1 atom stereocenters. The molecule has 4 nitrogen and oxygen atoms in total. The Bertz CT molecular complexity index is 478. The number of hydrogen-bond acceptors (Lipinski definition) is 4. The lowest BCUT2D eigenvalue weighted by Crippen LogP contribution is -2.26. The quantitative estimate of drug-likeness (QED) is 0.639. The topological polar surface area (TPSA) is 55.8 Å². The van der Waals surface area contributed by atoms with E-state index in [0.717, 1.165) is 6.29 Å². The highest BCUT2D eigenvalue weighted by molar-refractivity contribution is 5.79. The van der Waals surface area contributed by atoms with Crippen molar-refractivity contribution in [1.29, 1.82) is 0 Å². The number of aliphatic hydroxyl groups is 1. The zero-order valence-corrected chi connectivity index (χ0v) is 9.89. The van der Waals surface area contributed by atoms with Crippen molar-refractivity contribution < 1.29 is 19.4 Å². The molecule has 1 aliphatic rings. The zero-order valence-electron chi connectivity index (χ0n) is 9.89. The molecule has 1 aromatic carbocycles. The van der Waals surface area contributed by atoms with Crippen LogP contribution in [0.1, 0.15) is 16.8 Å². The van der Waals surface area contributed by atoms with Crippen molar-refractivity contribution in [2.24, 2.45) is 0 Å². The molecular formula is C14H14O4. The van der Waals surface area contributed by atoms with Crippen LogP contribution in [0.5, 0.6) is 5.75 Å². The lowest BCUT2D eigenvalue weighted by Gasteiger charge is -2.11. The van der Waals surface area contributed by atoms with Gasteiger partial charge in [-0.15, -0.1) is 0 Å². The summed E-state index contributed by atoms with van der Waals surface area (Å²) in [5, 5.41) is 9.88. The highest BCUT2D eigenvalue weighted by atomic mass is 16.5. The summed E-state index contributed by atoms with van der Waals surface area (Å²) >= 11 is 0. The predicted octanol–water partition coefficient (Wildman–Crippen LogP) is 1.03. The first-order valence-electron chi connectivity index (χ1n) is 5.71. The molecule has 0 aromatic heterocycles. The number of aldehydes is 1. The van der Waals surface area contributed by atoms with Crippen LogP contribution in [0.15, 0.2) is 24.3 Å². The Labute approximate surface area is 106 Å². The van der Waals surface area contributed by atoms with E-state index in [0.29, 0.717) is 24.3 Å². The van der Waals surface area contributed by atoms with Crippen molar-refractivity contribution in [3.8, 4) is 17.6 Å². The minimum atomic E-state index is -1.05. The molecular weight excluding hydrogens is 232 g/mol. The zero-order chi connectivity index (χ0) is 12.8. The van der Waals surface area contributed by atoms with Crippen molar-refractivity contribution in [3.63, 3.8) is 0 Å². The van der Waals surface area contributed by atoms with E-state index in [2.05, 4.69) is 11.8 Å². The third-order valence-electron chi connectivity index (χ3n) is 2.67. The van der Waals surface area contributed by atoms with E-state index in [-0.39, 0.29) is 13.2 Å². The lowest BCUT2D eigenvalue weighted by molar-refractivity contribution is 0.0763. The molecule has 0 saturated carbocycles. The van der Waals surface area contributed by atoms with E-state index < -0.39 is 5.60 Å². The van der Waals surface area contributed by atoms with Crippen molar-refractivity contribution in [3.05, 3.63) is 29.8 Å². The molecule has 1 heterocycles. The van der Waals surface area contributed by atoms with Crippen molar-refractivity contribution in [2.75, 3.05) is 19.8 Å². The number of carbonyl (C=O) groups is 1. The van der Waals surface area contributed by atoms with Crippen LogP contribution in [0.25, 0.3) is 0 Å². The molecule has 1 aromatic rings. The lowest BCUT2D eigenvalue weighted by atomic mass is 10.1. The van der Waals surface area contributed by atoms with Gasteiger partial charge in [0.1, 0.15) is 12.4 Å². The Balaban J connectivity index is 1.92. The van der Waals surface area contributed by atoms with Gasteiger partial charge in [-0.1, -0.05) is 24.0 Å². The van der Waals surface area contributed by atoms with Crippen LogP contribution >= 0.6 is 0 Å². The Morgan fingerprint density at radius 3 is 3.06 bits per heavy atom. The third kappa shape index (κ3) is 3.10. The monoisotopic (exact) mass is 246 g/mol. The second kappa shape index (κ2) is 5.67. The smallest absolute Gasteiger partial charge is 0.153 e. The van der Waals surface area contributed by atoms with E-state index in [9.17, 15) is 9.90 Å². The standard InChI is InChI=1S/C14H14O4/c15-10-12-4-1-2-5-13(12)18-8-3-6-14(16)7-9-17-11-14/h1-2,4-5,10,16H,7-9,11H2. The maximum atomic E-state index is 10.7. The predicted molar refractivity (Wildman–Crippen MR) is 65.5 cm³/mol. The number of ether oxygens (including phenoxy) is 2. The first-order valence-corrected chi connectivity index (χ1v) is 5.71. The maximum Gasteiger partial charge on any atom is 0.153 e. The van der Waals surface area contributed by atoms with Crippen molar-refractivity contribution in [2.45, 2.75) is 12.0 Å². The van der Waals surface area contributed by atoms with Crippen LogP contribution in [-0.4, -0.2) is 36.8 Å². The normalized spacial score (nSPS) is 22.1. The minimum Gasteiger partial charge on any atom is -0.480 e. The Kier molecular flexibility index (Phi) is 3.98.